The van der Waals surface area contributed by atoms with Gasteiger partial charge in [0.2, 0.25) is 0 Å². The molecule has 0 saturated carbocycles. The van der Waals surface area contributed by atoms with Gasteiger partial charge in [-0.3, -0.25) is 0 Å². The molecular formula is C42H53N5O2. The van der Waals surface area contributed by atoms with Crippen LogP contribution in [0.5, 0.6) is 0 Å². The summed E-state index contributed by atoms with van der Waals surface area (Å²) in [6, 6.07) is 8.88. The van der Waals surface area contributed by atoms with Gasteiger partial charge < -0.3 is 25.2 Å². The molecular weight excluding hydrogens is 606 g/mol. The zero-order valence-electron chi connectivity index (χ0n) is 30.7. The maximum atomic E-state index is 10.1. The molecule has 5 N–H and O–H groups in total. The van der Waals surface area contributed by atoms with Crippen molar-refractivity contribution in [3.63, 3.8) is 0 Å². The van der Waals surface area contributed by atoms with Crippen molar-refractivity contribution in [1.29, 1.82) is 0 Å². The molecule has 7 nitrogen and oxygen atoms in total. The lowest BCUT2D eigenvalue weighted by Crippen LogP contribution is -1.92. The second kappa shape index (κ2) is 14.3. The van der Waals surface area contributed by atoms with Crippen LogP contribution in [-0.2, 0) is 25.7 Å². The van der Waals surface area contributed by atoms with E-state index < -0.39 is 0 Å². The second-order valence-corrected chi connectivity index (χ2v) is 13.3. The van der Waals surface area contributed by atoms with E-state index in [1.165, 1.54) is 33.4 Å². The third kappa shape index (κ3) is 5.91. The number of H-pyrrole nitrogens is 3. The highest BCUT2D eigenvalue weighted by Gasteiger charge is 2.27. The maximum Gasteiger partial charge on any atom is 0.0932 e. The molecule has 0 aliphatic carbocycles. The number of rotatable bonds is 10. The van der Waals surface area contributed by atoms with E-state index in [0.717, 1.165) is 117 Å². The molecule has 0 fully saturated rings. The number of aryl methyl sites for hydroxylation is 4. The third-order valence-electron chi connectivity index (χ3n) is 10.8. The minimum absolute atomic E-state index is 0.0756. The van der Waals surface area contributed by atoms with Gasteiger partial charge in [0, 0.05) is 46.3 Å². The number of aromatic amines is 3. The van der Waals surface area contributed by atoms with Crippen LogP contribution in [0.25, 0.3) is 55.4 Å². The lowest BCUT2D eigenvalue weighted by molar-refractivity contribution is 0.299. The number of aromatic nitrogens is 5. The number of nitrogens with one attached hydrogen (secondary N) is 3. The number of aliphatic hydroxyl groups is 2. The zero-order valence-corrected chi connectivity index (χ0v) is 30.7. The molecule has 4 aromatic heterocycles. The fourth-order valence-electron chi connectivity index (χ4n) is 8.29. The van der Waals surface area contributed by atoms with Crippen LogP contribution < -0.4 is 0 Å². The average Bonchev–Trinajstić information content (AvgIpc) is 3.87. The Balaban J connectivity index is 1.87. The summed E-state index contributed by atoms with van der Waals surface area (Å²) in [5.41, 5.74) is 22.4. The number of aliphatic hydroxyl groups excluding tert-OH is 2. The molecule has 49 heavy (non-hydrogen) atoms. The topological polar surface area (TPSA) is 114 Å². The lowest BCUT2D eigenvalue weighted by atomic mass is 9.95. The fourth-order valence-corrected chi connectivity index (χ4v) is 8.29. The Morgan fingerprint density at radius 2 is 0.796 bits per heavy atom. The molecule has 6 heterocycles. The molecule has 4 aromatic rings. The predicted octanol–water partition coefficient (Wildman–Crippen LogP) is 9.63. The van der Waals surface area contributed by atoms with Crippen molar-refractivity contribution in [2.45, 2.75) is 107 Å². The normalized spacial score (nSPS) is 13.3. The van der Waals surface area contributed by atoms with E-state index in [9.17, 15) is 10.2 Å². The monoisotopic (exact) mass is 659 g/mol. The second-order valence-electron chi connectivity index (χ2n) is 13.3. The van der Waals surface area contributed by atoms with Gasteiger partial charge in [0.1, 0.15) is 0 Å². The molecule has 0 spiro atoms. The smallest absolute Gasteiger partial charge is 0.0932 e. The minimum Gasteiger partial charge on any atom is -0.396 e. The van der Waals surface area contributed by atoms with Crippen molar-refractivity contribution in [2.24, 2.45) is 0 Å². The van der Waals surface area contributed by atoms with Gasteiger partial charge in [0.05, 0.1) is 22.8 Å². The van der Waals surface area contributed by atoms with Crippen LogP contribution in [0.3, 0.4) is 0 Å². The molecule has 0 atom stereocenters. The van der Waals surface area contributed by atoms with E-state index >= 15 is 0 Å². The number of nitrogens with zero attached hydrogens (tertiary/aromatic N) is 2. The third-order valence-corrected chi connectivity index (χ3v) is 10.8. The summed E-state index contributed by atoms with van der Waals surface area (Å²) in [4.78, 5) is 22.1. The molecule has 2 aliphatic rings. The van der Waals surface area contributed by atoms with E-state index in [2.05, 4.69) is 94.6 Å². The first kappa shape index (κ1) is 34.7. The number of fused-ring (bicyclic) bond motifs is 11. The van der Waals surface area contributed by atoms with Crippen LogP contribution in [0.15, 0.2) is 24.3 Å². The molecule has 7 heteroatoms. The molecule has 0 unspecified atom stereocenters. The van der Waals surface area contributed by atoms with Gasteiger partial charge >= 0.3 is 0 Å². The lowest BCUT2D eigenvalue weighted by Gasteiger charge is -2.07. The largest absolute Gasteiger partial charge is 0.396 e. The molecule has 0 saturated heterocycles. The van der Waals surface area contributed by atoms with Crippen molar-refractivity contribution in [3.05, 3.63) is 80.4 Å². The Bertz CT molecular complexity index is 2030. The van der Waals surface area contributed by atoms with Crippen LogP contribution in [0.4, 0.5) is 0 Å². The average molecular weight is 660 g/mol. The summed E-state index contributed by atoms with van der Waals surface area (Å²) < 4.78 is 0. The number of hydrogen-bond acceptors (Lipinski definition) is 4. The number of allylic oxidation sites excluding steroid dienone is 4. The quantitative estimate of drug-likeness (QED) is 0.117. The maximum absolute atomic E-state index is 10.1. The summed E-state index contributed by atoms with van der Waals surface area (Å²) >= 11 is 0. The first-order chi connectivity index (χ1) is 23.8. The summed E-state index contributed by atoms with van der Waals surface area (Å²) in [5, 5.41) is 20.3. The zero-order chi connectivity index (χ0) is 35.0. The van der Waals surface area contributed by atoms with E-state index in [1.807, 2.05) is 0 Å². The number of hydrogen-bond donors (Lipinski definition) is 5. The van der Waals surface area contributed by atoms with E-state index in [0.29, 0.717) is 12.8 Å². The molecule has 6 rings (SSSR count). The molecule has 0 amide bonds. The van der Waals surface area contributed by atoms with Gasteiger partial charge in [-0.1, -0.05) is 41.5 Å². The molecule has 10 bridgehead atoms. The van der Waals surface area contributed by atoms with Gasteiger partial charge in [-0.25, -0.2) is 9.97 Å². The first-order valence-electron chi connectivity index (χ1n) is 18.4. The molecule has 0 aromatic carbocycles. The highest BCUT2D eigenvalue weighted by molar-refractivity contribution is 6.00. The van der Waals surface area contributed by atoms with Crippen LogP contribution in [0, 0.1) is 13.8 Å². The standard InChI is InChI=1S/C42H53N5O2/c1-9-25-26(10-2)36-22-40-32(16-18-49)24(8)34(44-40)20-38-28(12-4)30(14-6)42(47-38)41-29(13-5)27(11-3)37(46-41)19-33-23(7)31(15-17-48)39(43-33)21-35(25)45-36/h19-22,43-45,48-49H,9-18H2,1-8H3. The van der Waals surface area contributed by atoms with Crippen LogP contribution >= 0.6 is 0 Å². The summed E-state index contributed by atoms with van der Waals surface area (Å²) in [6.45, 7) is 17.8. The highest BCUT2D eigenvalue weighted by Crippen LogP contribution is 2.42. The van der Waals surface area contributed by atoms with Crippen molar-refractivity contribution in [1.82, 2.24) is 24.9 Å². The Labute approximate surface area is 290 Å². The van der Waals surface area contributed by atoms with Gasteiger partial charge in [0.25, 0.3) is 0 Å². The Morgan fingerprint density at radius 3 is 1.12 bits per heavy atom. The molecule has 258 valence electrons. The van der Waals surface area contributed by atoms with Gasteiger partial charge in [0.15, 0.2) is 0 Å². The van der Waals surface area contributed by atoms with Crippen LogP contribution in [-0.4, -0.2) is 48.3 Å². The van der Waals surface area contributed by atoms with Crippen molar-refractivity contribution >= 4 is 55.4 Å². The van der Waals surface area contributed by atoms with Crippen molar-refractivity contribution in [2.75, 3.05) is 13.2 Å². The van der Waals surface area contributed by atoms with E-state index in [-0.39, 0.29) is 13.2 Å². The molecule has 2 aliphatic heterocycles. The van der Waals surface area contributed by atoms with Crippen molar-refractivity contribution in [3.8, 4) is 0 Å². The van der Waals surface area contributed by atoms with E-state index in [1.54, 1.807) is 0 Å². The summed E-state index contributed by atoms with van der Waals surface area (Å²) in [7, 11) is 0. The Hall–Kier alpha value is -4.20. The SMILES string of the molecule is CCC1=C(CC)c2nc1cc1[nH]c(cc3[nH]c(cc4[nH]c(cc5nc2C(CC)=C5CC)c(C)c4CCO)c(CC)c3CC)c(CCO)c1C. The Morgan fingerprint density at radius 1 is 0.449 bits per heavy atom. The van der Waals surface area contributed by atoms with Crippen molar-refractivity contribution < 1.29 is 10.2 Å². The van der Waals surface area contributed by atoms with Crippen LogP contribution in [0.2, 0.25) is 0 Å². The predicted molar refractivity (Wildman–Crippen MR) is 206 cm³/mol. The van der Waals surface area contributed by atoms with E-state index in [4.69, 9.17) is 9.97 Å². The molecule has 0 radical (unpaired) electrons. The van der Waals surface area contributed by atoms with Gasteiger partial charge in [-0.15, -0.1) is 0 Å². The van der Waals surface area contributed by atoms with Gasteiger partial charge in [-0.2, -0.15) is 0 Å². The Kier molecular flexibility index (Phi) is 10.1. The minimum atomic E-state index is 0.0756. The summed E-state index contributed by atoms with van der Waals surface area (Å²) in [6.07, 6.45) is 6.43. The van der Waals surface area contributed by atoms with Gasteiger partial charge in [-0.05, 0) is 145 Å². The van der Waals surface area contributed by atoms with Crippen LogP contribution in [0.1, 0.15) is 123 Å². The fraction of sp³-hybridized carbons (Fsp3) is 0.429. The summed E-state index contributed by atoms with van der Waals surface area (Å²) in [5.74, 6) is 0. The first-order valence-corrected chi connectivity index (χ1v) is 18.4. The highest BCUT2D eigenvalue weighted by atomic mass is 16.3.